The van der Waals surface area contributed by atoms with Gasteiger partial charge < -0.3 is 0 Å². The maximum absolute atomic E-state index is 10.6. The monoisotopic (exact) mass is 175 g/mol. The number of hydrogen-bond acceptors (Lipinski definition) is 2. The average molecular weight is 176 g/mol. The van der Waals surface area contributed by atoms with E-state index in [0.717, 1.165) is 0 Å². The van der Waals surface area contributed by atoms with Crippen LogP contribution in [0.5, 0.6) is 0 Å². The SMILES string of the molecule is CC(C)C[C@@H](N=[N+]=[N-])C(=O)Cl. The van der Waals surface area contributed by atoms with Crippen LogP contribution in [-0.4, -0.2) is 11.3 Å². The normalized spacial score (nSPS) is 12.4. The molecule has 0 aromatic carbocycles. The highest BCUT2D eigenvalue weighted by atomic mass is 35.5. The van der Waals surface area contributed by atoms with Gasteiger partial charge in [0.1, 0.15) is 6.04 Å². The van der Waals surface area contributed by atoms with E-state index in [9.17, 15) is 4.79 Å². The van der Waals surface area contributed by atoms with Gasteiger partial charge in [-0.1, -0.05) is 19.0 Å². The molecule has 0 N–H and O–H groups in total. The molecule has 0 aliphatic carbocycles. The van der Waals surface area contributed by atoms with Gasteiger partial charge in [-0.15, -0.1) is 0 Å². The second-order valence-corrected chi connectivity index (χ2v) is 3.03. The van der Waals surface area contributed by atoms with E-state index in [0.29, 0.717) is 12.3 Å². The Kier molecular flexibility index (Phi) is 4.66. The van der Waals surface area contributed by atoms with Crippen LogP contribution in [0.15, 0.2) is 5.11 Å². The quantitative estimate of drug-likeness (QED) is 0.280. The number of halogens is 1. The number of rotatable bonds is 4. The number of carbonyl (C=O) groups is 1. The molecule has 1 atom stereocenters. The third kappa shape index (κ3) is 4.65. The van der Waals surface area contributed by atoms with Crippen LogP contribution in [0.2, 0.25) is 0 Å². The molecular formula is C6H10ClN3O. The lowest BCUT2D eigenvalue weighted by Gasteiger charge is -2.07. The fraction of sp³-hybridized carbons (Fsp3) is 0.833. The minimum atomic E-state index is -0.707. The molecule has 62 valence electrons. The van der Waals surface area contributed by atoms with E-state index in [-0.39, 0.29) is 0 Å². The van der Waals surface area contributed by atoms with Crippen molar-refractivity contribution in [2.45, 2.75) is 26.3 Å². The van der Waals surface area contributed by atoms with Gasteiger partial charge in [0.15, 0.2) is 0 Å². The van der Waals surface area contributed by atoms with Crippen molar-refractivity contribution in [3.8, 4) is 0 Å². The highest BCUT2D eigenvalue weighted by Crippen LogP contribution is 2.10. The summed E-state index contributed by atoms with van der Waals surface area (Å²) >= 11 is 5.16. The van der Waals surface area contributed by atoms with Crippen molar-refractivity contribution in [3.63, 3.8) is 0 Å². The van der Waals surface area contributed by atoms with Gasteiger partial charge in [0, 0.05) is 4.91 Å². The number of hydrogen-bond donors (Lipinski definition) is 0. The Hall–Kier alpha value is -0.730. The summed E-state index contributed by atoms with van der Waals surface area (Å²) in [5, 5.41) is 2.68. The molecule has 0 amide bonds. The Balaban J connectivity index is 4.11. The predicted octanol–water partition coefficient (Wildman–Crippen LogP) is 2.48. The molecule has 0 unspecified atom stereocenters. The van der Waals surface area contributed by atoms with Gasteiger partial charge in [-0.2, -0.15) is 0 Å². The molecule has 0 bridgehead atoms. The van der Waals surface area contributed by atoms with Crippen molar-refractivity contribution in [1.29, 1.82) is 0 Å². The van der Waals surface area contributed by atoms with Crippen molar-refractivity contribution >= 4 is 16.8 Å². The largest absolute Gasteiger partial charge is 0.281 e. The Morgan fingerprint density at radius 1 is 1.73 bits per heavy atom. The van der Waals surface area contributed by atoms with Crippen molar-refractivity contribution in [2.24, 2.45) is 11.0 Å². The van der Waals surface area contributed by atoms with Crippen LogP contribution in [0.3, 0.4) is 0 Å². The van der Waals surface area contributed by atoms with Gasteiger partial charge in [0.05, 0.1) is 0 Å². The minimum absolute atomic E-state index is 0.299. The fourth-order valence-electron chi connectivity index (χ4n) is 0.694. The fourth-order valence-corrected chi connectivity index (χ4v) is 0.827. The highest BCUT2D eigenvalue weighted by Gasteiger charge is 2.15. The van der Waals surface area contributed by atoms with E-state index in [1.807, 2.05) is 13.8 Å². The van der Waals surface area contributed by atoms with Crippen LogP contribution in [0.25, 0.3) is 10.4 Å². The minimum Gasteiger partial charge on any atom is -0.281 e. The van der Waals surface area contributed by atoms with Crippen LogP contribution in [0.4, 0.5) is 0 Å². The zero-order valence-electron chi connectivity index (χ0n) is 6.49. The molecule has 0 saturated heterocycles. The highest BCUT2D eigenvalue weighted by molar-refractivity contribution is 6.64. The Morgan fingerprint density at radius 2 is 2.27 bits per heavy atom. The number of azide groups is 1. The maximum atomic E-state index is 10.6. The van der Waals surface area contributed by atoms with E-state index in [2.05, 4.69) is 10.0 Å². The van der Waals surface area contributed by atoms with Gasteiger partial charge >= 0.3 is 0 Å². The number of nitrogens with zero attached hydrogens (tertiary/aromatic N) is 3. The van der Waals surface area contributed by atoms with Crippen LogP contribution in [0, 0.1) is 5.92 Å². The first-order valence-electron chi connectivity index (χ1n) is 3.31. The van der Waals surface area contributed by atoms with Gasteiger partial charge in [0.25, 0.3) is 0 Å². The Bertz CT molecular complexity index is 184. The smallest absolute Gasteiger partial charge is 0.230 e. The van der Waals surface area contributed by atoms with E-state index < -0.39 is 11.3 Å². The van der Waals surface area contributed by atoms with Crippen LogP contribution < -0.4 is 0 Å². The molecule has 0 aliphatic heterocycles. The van der Waals surface area contributed by atoms with Crippen LogP contribution >= 0.6 is 11.6 Å². The van der Waals surface area contributed by atoms with Crippen molar-refractivity contribution in [2.75, 3.05) is 0 Å². The van der Waals surface area contributed by atoms with Gasteiger partial charge in [0.2, 0.25) is 5.24 Å². The van der Waals surface area contributed by atoms with E-state index in [1.165, 1.54) is 0 Å². The van der Waals surface area contributed by atoms with E-state index in [1.54, 1.807) is 0 Å². The van der Waals surface area contributed by atoms with Crippen molar-refractivity contribution < 1.29 is 4.79 Å². The molecule has 5 heteroatoms. The van der Waals surface area contributed by atoms with Gasteiger partial charge in [-0.3, -0.25) is 4.79 Å². The Labute approximate surface area is 70.2 Å². The topological polar surface area (TPSA) is 65.8 Å². The first kappa shape index (κ1) is 10.3. The first-order valence-corrected chi connectivity index (χ1v) is 3.69. The summed E-state index contributed by atoms with van der Waals surface area (Å²) in [7, 11) is 0. The van der Waals surface area contributed by atoms with E-state index >= 15 is 0 Å². The maximum Gasteiger partial charge on any atom is 0.230 e. The summed E-state index contributed by atoms with van der Waals surface area (Å²) in [5.74, 6) is 0.299. The summed E-state index contributed by atoms with van der Waals surface area (Å²) in [6.45, 7) is 3.86. The molecule has 0 rings (SSSR count). The summed E-state index contributed by atoms with van der Waals surface area (Å²) in [6, 6.07) is -0.707. The summed E-state index contributed by atoms with van der Waals surface area (Å²) in [5.41, 5.74) is 8.05. The van der Waals surface area contributed by atoms with Crippen LogP contribution in [0.1, 0.15) is 20.3 Å². The van der Waals surface area contributed by atoms with E-state index in [4.69, 9.17) is 17.1 Å². The first-order chi connectivity index (χ1) is 5.07. The molecule has 11 heavy (non-hydrogen) atoms. The summed E-state index contributed by atoms with van der Waals surface area (Å²) < 4.78 is 0. The van der Waals surface area contributed by atoms with Gasteiger partial charge in [-0.05, 0) is 29.5 Å². The summed E-state index contributed by atoms with van der Waals surface area (Å²) in [6.07, 6.45) is 0.506. The zero-order valence-corrected chi connectivity index (χ0v) is 7.25. The molecule has 0 fully saturated rings. The van der Waals surface area contributed by atoms with Crippen molar-refractivity contribution in [3.05, 3.63) is 10.4 Å². The molecular weight excluding hydrogens is 166 g/mol. The Morgan fingerprint density at radius 3 is 2.55 bits per heavy atom. The molecule has 0 heterocycles. The molecule has 0 aromatic heterocycles. The van der Waals surface area contributed by atoms with Crippen molar-refractivity contribution in [1.82, 2.24) is 0 Å². The zero-order chi connectivity index (χ0) is 8.85. The molecule has 4 nitrogen and oxygen atoms in total. The second kappa shape index (κ2) is 4.99. The number of carbonyl (C=O) groups excluding carboxylic acids is 1. The summed E-state index contributed by atoms with van der Waals surface area (Å²) in [4.78, 5) is 13.1. The molecule has 0 saturated carbocycles. The lowest BCUT2D eigenvalue weighted by atomic mass is 10.1. The van der Waals surface area contributed by atoms with Gasteiger partial charge in [-0.25, -0.2) is 0 Å². The third-order valence-electron chi connectivity index (χ3n) is 1.15. The molecule has 0 radical (unpaired) electrons. The third-order valence-corrected chi connectivity index (χ3v) is 1.40. The molecule has 0 spiro atoms. The average Bonchev–Trinajstić information content (AvgIpc) is 1.86. The molecule has 0 aliphatic rings. The lowest BCUT2D eigenvalue weighted by Crippen LogP contribution is -2.14. The standard InChI is InChI=1S/C6H10ClN3O/c1-4(2)3-5(6(7)11)9-10-8/h4-5H,3H2,1-2H3/t5-/m1/s1. The predicted molar refractivity (Wildman–Crippen MR) is 43.2 cm³/mol. The molecule has 0 aromatic rings. The second-order valence-electron chi connectivity index (χ2n) is 2.65. The lowest BCUT2D eigenvalue weighted by molar-refractivity contribution is -0.113. The van der Waals surface area contributed by atoms with Crippen LogP contribution in [-0.2, 0) is 4.79 Å².